The number of benzene rings is 2. The fourth-order valence-corrected chi connectivity index (χ4v) is 6.24. The highest BCUT2D eigenvalue weighted by Crippen LogP contribution is 2.26. The summed E-state index contributed by atoms with van der Waals surface area (Å²) < 4.78 is 27.0. The van der Waals surface area contributed by atoms with Crippen molar-refractivity contribution in [3.8, 4) is 0 Å². The van der Waals surface area contributed by atoms with Crippen LogP contribution in [0.5, 0.6) is 0 Å². The van der Waals surface area contributed by atoms with Gasteiger partial charge in [0.05, 0.1) is 16.1 Å². The van der Waals surface area contributed by atoms with Crippen molar-refractivity contribution >= 4 is 56.1 Å². The Morgan fingerprint density at radius 2 is 1.71 bits per heavy atom. The van der Waals surface area contributed by atoms with E-state index in [1.165, 1.54) is 52.8 Å². The summed E-state index contributed by atoms with van der Waals surface area (Å²) in [6.07, 6.45) is 2.63. The molecule has 0 aliphatic carbocycles. The van der Waals surface area contributed by atoms with Gasteiger partial charge in [0.1, 0.15) is 5.25 Å². The number of carbonyl (C=O) groups excluding carboxylic acids is 2. The van der Waals surface area contributed by atoms with Crippen LogP contribution in [0.3, 0.4) is 0 Å². The maximum atomic E-state index is 12.7. The molecule has 4 rings (SSSR count). The minimum absolute atomic E-state index is 0.0959. The van der Waals surface area contributed by atoms with Crippen LogP contribution in [-0.2, 0) is 19.6 Å². The van der Waals surface area contributed by atoms with E-state index >= 15 is 0 Å². The highest BCUT2D eigenvalue weighted by molar-refractivity contribution is 8.15. The molecule has 2 aromatic rings. The summed E-state index contributed by atoms with van der Waals surface area (Å²) in [6, 6.07) is 11.9. The number of carbonyl (C=O) groups is 3. The molecule has 2 aromatic carbocycles. The lowest BCUT2D eigenvalue weighted by Gasteiger charge is -2.25. The van der Waals surface area contributed by atoms with E-state index in [-0.39, 0.29) is 22.8 Å². The van der Waals surface area contributed by atoms with Crippen LogP contribution in [0, 0.1) is 0 Å². The zero-order valence-electron chi connectivity index (χ0n) is 18.6. The maximum Gasteiger partial charge on any atom is 0.335 e. The first-order chi connectivity index (χ1) is 16.7. The lowest BCUT2D eigenvalue weighted by molar-refractivity contribution is -0.122. The minimum atomic E-state index is -3.55. The molecule has 35 heavy (non-hydrogen) atoms. The number of nitrogens with zero attached hydrogens (tertiary/aromatic N) is 2. The molecule has 0 radical (unpaired) electrons. The van der Waals surface area contributed by atoms with Gasteiger partial charge in [0, 0.05) is 25.2 Å². The van der Waals surface area contributed by atoms with Gasteiger partial charge in [-0.05, 0) is 61.4 Å². The Balaban J connectivity index is 1.33. The quantitative estimate of drug-likeness (QED) is 0.513. The third-order valence-corrected chi connectivity index (χ3v) is 8.58. The van der Waals surface area contributed by atoms with Crippen LogP contribution in [-0.4, -0.2) is 59.1 Å². The molecule has 1 unspecified atom stereocenters. The fourth-order valence-electron chi connectivity index (χ4n) is 3.73. The second-order valence-corrected chi connectivity index (χ2v) is 11.2. The first kappa shape index (κ1) is 24.9. The van der Waals surface area contributed by atoms with Crippen LogP contribution in [0.4, 0.5) is 11.4 Å². The van der Waals surface area contributed by atoms with Gasteiger partial charge in [-0.3, -0.25) is 9.59 Å². The summed E-state index contributed by atoms with van der Waals surface area (Å²) >= 11 is 1.11. The molecule has 2 aliphatic heterocycles. The Hall–Kier alpha value is -3.22. The third-order valence-electron chi connectivity index (χ3n) is 5.58. The molecule has 0 saturated carbocycles. The lowest BCUT2D eigenvalue weighted by atomic mass is 10.2. The van der Waals surface area contributed by atoms with E-state index in [1.807, 2.05) is 0 Å². The Morgan fingerprint density at radius 3 is 2.34 bits per heavy atom. The molecule has 12 heteroatoms. The Kier molecular flexibility index (Phi) is 7.53. The van der Waals surface area contributed by atoms with Crippen molar-refractivity contribution in [3.63, 3.8) is 0 Å². The molecular formula is C23H24N4O6S2. The maximum absolute atomic E-state index is 12.7. The predicted molar refractivity (Wildman–Crippen MR) is 132 cm³/mol. The predicted octanol–water partition coefficient (Wildman–Crippen LogP) is 2.81. The molecule has 1 atom stereocenters. The molecular weight excluding hydrogens is 492 g/mol. The average Bonchev–Trinajstić information content (AvgIpc) is 3.18. The molecule has 2 saturated heterocycles. The number of aliphatic imine (C=N–C) groups is 1. The van der Waals surface area contributed by atoms with Gasteiger partial charge in [0.25, 0.3) is 0 Å². The molecule has 2 fully saturated rings. The number of rotatable bonds is 7. The number of amides is 2. The monoisotopic (exact) mass is 516 g/mol. The first-order valence-corrected chi connectivity index (χ1v) is 13.3. The topological polar surface area (TPSA) is 145 Å². The normalized spacial score (nSPS) is 19.9. The molecule has 0 aromatic heterocycles. The van der Waals surface area contributed by atoms with Gasteiger partial charge in [-0.2, -0.15) is 4.31 Å². The number of carboxylic acids is 1. The van der Waals surface area contributed by atoms with Crippen molar-refractivity contribution < 1.29 is 27.9 Å². The van der Waals surface area contributed by atoms with Crippen molar-refractivity contribution in [1.29, 1.82) is 0 Å². The number of aromatic carboxylic acids is 1. The van der Waals surface area contributed by atoms with E-state index in [4.69, 9.17) is 5.11 Å². The van der Waals surface area contributed by atoms with Gasteiger partial charge in [0.2, 0.25) is 21.8 Å². The number of anilines is 1. The van der Waals surface area contributed by atoms with Crippen molar-refractivity contribution in [3.05, 3.63) is 54.1 Å². The van der Waals surface area contributed by atoms with Crippen LogP contribution in [0.1, 0.15) is 36.0 Å². The van der Waals surface area contributed by atoms with E-state index in [9.17, 15) is 22.8 Å². The van der Waals surface area contributed by atoms with Gasteiger partial charge >= 0.3 is 5.97 Å². The van der Waals surface area contributed by atoms with Crippen LogP contribution < -0.4 is 10.6 Å². The van der Waals surface area contributed by atoms with Crippen molar-refractivity contribution in [2.45, 2.75) is 35.8 Å². The average molecular weight is 517 g/mol. The number of sulfonamides is 1. The molecule has 10 nitrogen and oxygen atoms in total. The number of nitrogens with one attached hydrogen (secondary N) is 2. The van der Waals surface area contributed by atoms with Crippen molar-refractivity contribution in [1.82, 2.24) is 9.62 Å². The van der Waals surface area contributed by atoms with E-state index in [0.29, 0.717) is 29.6 Å². The Bertz CT molecular complexity index is 1250. The second-order valence-electron chi connectivity index (χ2n) is 8.11. The Labute approximate surface area is 206 Å². The highest BCUT2D eigenvalue weighted by atomic mass is 32.2. The standard InChI is InChI=1S/C23H24N4O6S2/c28-20(24-16-8-10-18(11-9-16)35(32,33)27-12-2-1-3-13-27)14-19-21(29)26-23(34-19)25-17-6-4-15(5-7-17)22(30)31/h4-11,19H,1-3,12-14H2,(H,24,28)(H,30,31)(H,25,26,29). The van der Waals surface area contributed by atoms with Gasteiger partial charge in [-0.1, -0.05) is 18.2 Å². The zero-order chi connectivity index (χ0) is 25.0. The number of piperidine rings is 1. The van der Waals surface area contributed by atoms with E-state index in [0.717, 1.165) is 31.0 Å². The smallest absolute Gasteiger partial charge is 0.335 e. The summed E-state index contributed by atoms with van der Waals surface area (Å²) in [5, 5.41) is 13.9. The molecule has 184 valence electrons. The number of hydrogen-bond donors (Lipinski definition) is 3. The van der Waals surface area contributed by atoms with Crippen LogP contribution in [0.25, 0.3) is 0 Å². The van der Waals surface area contributed by atoms with Gasteiger partial charge in [-0.25, -0.2) is 18.2 Å². The summed E-state index contributed by atoms with van der Waals surface area (Å²) in [7, 11) is -3.55. The molecule has 2 amide bonds. The number of amidine groups is 1. The molecule has 0 bridgehead atoms. The van der Waals surface area contributed by atoms with Gasteiger partial charge < -0.3 is 15.7 Å². The zero-order valence-corrected chi connectivity index (χ0v) is 20.3. The minimum Gasteiger partial charge on any atom is -0.478 e. The molecule has 2 aliphatic rings. The molecule has 2 heterocycles. The Morgan fingerprint density at radius 1 is 1.06 bits per heavy atom. The molecule has 0 spiro atoms. The van der Waals surface area contributed by atoms with E-state index in [1.54, 1.807) is 0 Å². The number of hydrogen-bond acceptors (Lipinski definition) is 7. The molecule has 3 N–H and O–H groups in total. The van der Waals surface area contributed by atoms with Gasteiger partial charge in [-0.15, -0.1) is 0 Å². The van der Waals surface area contributed by atoms with Crippen LogP contribution in [0.2, 0.25) is 0 Å². The first-order valence-electron chi connectivity index (χ1n) is 11.0. The van der Waals surface area contributed by atoms with Crippen LogP contribution in [0.15, 0.2) is 58.4 Å². The third kappa shape index (κ3) is 6.08. The summed E-state index contributed by atoms with van der Waals surface area (Å²) in [4.78, 5) is 40.2. The van der Waals surface area contributed by atoms with Crippen LogP contribution >= 0.6 is 11.8 Å². The largest absolute Gasteiger partial charge is 0.478 e. The number of thioether (sulfide) groups is 1. The summed E-state index contributed by atoms with van der Waals surface area (Å²) in [5.41, 5.74) is 1.04. The fraction of sp³-hybridized carbons (Fsp3) is 0.304. The lowest BCUT2D eigenvalue weighted by Crippen LogP contribution is -2.35. The van der Waals surface area contributed by atoms with Crippen molar-refractivity contribution in [2.75, 3.05) is 18.4 Å². The van der Waals surface area contributed by atoms with E-state index < -0.39 is 27.1 Å². The number of carboxylic acid groups (broad SMARTS) is 1. The van der Waals surface area contributed by atoms with E-state index in [2.05, 4.69) is 15.6 Å². The second kappa shape index (κ2) is 10.6. The SMILES string of the molecule is O=C(CC1SC(=Nc2ccc(C(=O)O)cc2)NC1=O)Nc1ccc(S(=O)(=O)N2CCCCC2)cc1. The summed E-state index contributed by atoms with van der Waals surface area (Å²) in [6.45, 7) is 1.03. The highest BCUT2D eigenvalue weighted by Gasteiger charge is 2.32. The summed E-state index contributed by atoms with van der Waals surface area (Å²) in [5.74, 6) is -1.79. The van der Waals surface area contributed by atoms with Gasteiger partial charge in [0.15, 0.2) is 5.17 Å². The van der Waals surface area contributed by atoms with Crippen molar-refractivity contribution in [2.24, 2.45) is 4.99 Å².